The monoisotopic (exact) mass is 250 g/mol. The fraction of sp³-hybridized carbons (Fsp3) is 0.800. The van der Waals surface area contributed by atoms with Gasteiger partial charge in [0.25, 0.3) is 0 Å². The third-order valence-electron chi connectivity index (χ3n) is 3.92. The first-order valence-electron chi connectivity index (χ1n) is 7.50. The average molecular weight is 250 g/mol. The zero-order valence-corrected chi connectivity index (χ0v) is 11.5. The lowest BCUT2D eigenvalue weighted by Crippen LogP contribution is -2.43. The zero-order chi connectivity index (χ0) is 12.8. The minimum absolute atomic E-state index is 0.167. The van der Waals surface area contributed by atoms with E-state index in [9.17, 15) is 4.79 Å². The third-order valence-corrected chi connectivity index (χ3v) is 3.92. The second-order valence-electron chi connectivity index (χ2n) is 5.61. The molecule has 1 atom stereocenters. The molecule has 0 aromatic rings. The molecule has 0 heterocycles. The first-order valence-corrected chi connectivity index (χ1v) is 7.50. The Kier molecular flexibility index (Phi) is 5.09. The topological polar surface area (TPSA) is 32.3 Å². The molecule has 18 heavy (non-hydrogen) atoms. The lowest BCUT2D eigenvalue weighted by atomic mass is 9.94. The molecule has 1 unspecified atom stereocenters. The minimum atomic E-state index is 0.167. The van der Waals surface area contributed by atoms with E-state index in [0.29, 0.717) is 12.0 Å². The van der Waals surface area contributed by atoms with Crippen molar-refractivity contribution in [3.05, 3.63) is 12.2 Å². The van der Waals surface area contributed by atoms with Gasteiger partial charge in [0.15, 0.2) is 0 Å². The van der Waals surface area contributed by atoms with Gasteiger partial charge in [-0.15, -0.1) is 0 Å². The van der Waals surface area contributed by atoms with Crippen LogP contribution in [0.1, 0.15) is 51.9 Å². The van der Waals surface area contributed by atoms with Crippen molar-refractivity contribution in [1.29, 1.82) is 0 Å². The van der Waals surface area contributed by atoms with Crippen LogP contribution in [0.15, 0.2) is 12.2 Å². The quantitative estimate of drug-likeness (QED) is 0.721. The predicted molar refractivity (Wildman–Crippen MR) is 74.5 cm³/mol. The molecular formula is C15H26N2O. The summed E-state index contributed by atoms with van der Waals surface area (Å²) in [7, 11) is 0. The first-order chi connectivity index (χ1) is 8.81. The van der Waals surface area contributed by atoms with Gasteiger partial charge in [-0.1, -0.05) is 25.5 Å². The number of unbranched alkanes of at least 4 members (excludes halogenated alkanes) is 1. The fourth-order valence-corrected chi connectivity index (χ4v) is 2.54. The van der Waals surface area contributed by atoms with Crippen LogP contribution in [0.3, 0.4) is 0 Å². The van der Waals surface area contributed by atoms with Crippen LogP contribution < -0.4 is 5.32 Å². The SMILES string of the molecule is CCCCN(C(=O)NCC1CC=CCC1)C1CC1. The number of hydrogen-bond donors (Lipinski definition) is 1. The lowest BCUT2D eigenvalue weighted by molar-refractivity contribution is 0.191. The van der Waals surface area contributed by atoms with Crippen LogP contribution in [-0.4, -0.2) is 30.1 Å². The van der Waals surface area contributed by atoms with Gasteiger partial charge >= 0.3 is 6.03 Å². The molecule has 0 spiro atoms. The summed E-state index contributed by atoms with van der Waals surface area (Å²) < 4.78 is 0. The van der Waals surface area contributed by atoms with E-state index in [1.54, 1.807) is 0 Å². The Morgan fingerprint density at radius 1 is 1.33 bits per heavy atom. The maximum absolute atomic E-state index is 12.2. The van der Waals surface area contributed by atoms with Crippen LogP contribution in [0.25, 0.3) is 0 Å². The summed E-state index contributed by atoms with van der Waals surface area (Å²) >= 11 is 0. The van der Waals surface area contributed by atoms with Crippen molar-refractivity contribution in [1.82, 2.24) is 10.2 Å². The van der Waals surface area contributed by atoms with Crippen molar-refractivity contribution in [2.75, 3.05) is 13.1 Å². The molecule has 1 fully saturated rings. The molecule has 3 nitrogen and oxygen atoms in total. The van der Waals surface area contributed by atoms with Crippen LogP contribution in [0.4, 0.5) is 4.79 Å². The van der Waals surface area contributed by atoms with Gasteiger partial charge < -0.3 is 10.2 Å². The molecule has 1 N–H and O–H groups in total. The van der Waals surface area contributed by atoms with Crippen LogP contribution >= 0.6 is 0 Å². The van der Waals surface area contributed by atoms with E-state index in [4.69, 9.17) is 0 Å². The van der Waals surface area contributed by atoms with Gasteiger partial charge in [-0.25, -0.2) is 4.79 Å². The molecule has 0 aliphatic heterocycles. The fourth-order valence-electron chi connectivity index (χ4n) is 2.54. The molecule has 0 radical (unpaired) electrons. The van der Waals surface area contributed by atoms with Gasteiger partial charge in [0.2, 0.25) is 0 Å². The van der Waals surface area contributed by atoms with Gasteiger partial charge in [0, 0.05) is 19.1 Å². The van der Waals surface area contributed by atoms with Crippen molar-refractivity contribution < 1.29 is 4.79 Å². The summed E-state index contributed by atoms with van der Waals surface area (Å²) in [5, 5.41) is 3.14. The van der Waals surface area contributed by atoms with Crippen molar-refractivity contribution in [2.24, 2.45) is 5.92 Å². The molecule has 3 heteroatoms. The lowest BCUT2D eigenvalue weighted by Gasteiger charge is -2.25. The normalized spacial score (nSPS) is 22.8. The minimum Gasteiger partial charge on any atom is -0.338 e. The molecule has 2 amide bonds. The van der Waals surface area contributed by atoms with E-state index >= 15 is 0 Å². The highest BCUT2D eigenvalue weighted by molar-refractivity contribution is 5.74. The second kappa shape index (κ2) is 6.81. The number of rotatable bonds is 6. The van der Waals surface area contributed by atoms with Crippen LogP contribution in [0.2, 0.25) is 0 Å². The van der Waals surface area contributed by atoms with Gasteiger partial charge in [0.1, 0.15) is 0 Å². The van der Waals surface area contributed by atoms with Gasteiger partial charge in [-0.05, 0) is 44.4 Å². The Bertz CT molecular complexity index is 297. The number of nitrogens with zero attached hydrogens (tertiary/aromatic N) is 1. The summed E-state index contributed by atoms with van der Waals surface area (Å²) in [6.07, 6.45) is 12.7. The zero-order valence-electron chi connectivity index (χ0n) is 11.5. The molecule has 2 aliphatic carbocycles. The number of carbonyl (C=O) groups excluding carboxylic acids is 1. The molecule has 2 aliphatic rings. The Morgan fingerprint density at radius 2 is 2.17 bits per heavy atom. The Hall–Kier alpha value is -0.990. The molecule has 0 aromatic carbocycles. The predicted octanol–water partition coefficient (Wildman–Crippen LogP) is 3.32. The molecule has 1 saturated carbocycles. The molecule has 0 saturated heterocycles. The summed E-state index contributed by atoms with van der Waals surface area (Å²) in [5.41, 5.74) is 0. The van der Waals surface area contributed by atoms with E-state index in [2.05, 4.69) is 29.3 Å². The summed E-state index contributed by atoms with van der Waals surface area (Å²) in [4.78, 5) is 14.2. The summed E-state index contributed by atoms with van der Waals surface area (Å²) in [5.74, 6) is 0.645. The Morgan fingerprint density at radius 3 is 2.78 bits per heavy atom. The highest BCUT2D eigenvalue weighted by Crippen LogP contribution is 2.27. The maximum Gasteiger partial charge on any atom is 0.317 e. The second-order valence-corrected chi connectivity index (χ2v) is 5.61. The third kappa shape index (κ3) is 4.04. The van der Waals surface area contributed by atoms with Gasteiger partial charge in [0.05, 0.1) is 0 Å². The number of carbonyl (C=O) groups is 1. The smallest absolute Gasteiger partial charge is 0.317 e. The Balaban J connectivity index is 1.72. The number of allylic oxidation sites excluding steroid dienone is 2. The molecular weight excluding hydrogens is 224 g/mol. The number of urea groups is 1. The average Bonchev–Trinajstić information content (AvgIpc) is 3.22. The van der Waals surface area contributed by atoms with E-state index in [1.165, 1.54) is 25.7 Å². The van der Waals surface area contributed by atoms with Gasteiger partial charge in [-0.2, -0.15) is 0 Å². The molecule has 102 valence electrons. The van der Waals surface area contributed by atoms with E-state index in [0.717, 1.165) is 32.4 Å². The Labute approximate surface area is 111 Å². The van der Waals surface area contributed by atoms with Crippen LogP contribution in [0, 0.1) is 5.92 Å². The highest BCUT2D eigenvalue weighted by Gasteiger charge is 2.32. The maximum atomic E-state index is 12.2. The number of nitrogens with one attached hydrogen (secondary N) is 1. The van der Waals surface area contributed by atoms with Crippen molar-refractivity contribution in [2.45, 2.75) is 57.9 Å². The molecule has 2 rings (SSSR count). The molecule has 0 bridgehead atoms. The summed E-state index contributed by atoms with van der Waals surface area (Å²) in [6, 6.07) is 0.698. The van der Waals surface area contributed by atoms with Crippen molar-refractivity contribution in [3.8, 4) is 0 Å². The van der Waals surface area contributed by atoms with Gasteiger partial charge in [-0.3, -0.25) is 0 Å². The molecule has 0 aromatic heterocycles. The number of hydrogen-bond acceptors (Lipinski definition) is 1. The first kappa shape index (κ1) is 13.4. The summed E-state index contributed by atoms with van der Waals surface area (Å²) in [6.45, 7) is 3.95. The van der Waals surface area contributed by atoms with Crippen LogP contribution in [-0.2, 0) is 0 Å². The van der Waals surface area contributed by atoms with E-state index in [-0.39, 0.29) is 6.03 Å². The largest absolute Gasteiger partial charge is 0.338 e. The van der Waals surface area contributed by atoms with Crippen molar-refractivity contribution in [3.63, 3.8) is 0 Å². The van der Waals surface area contributed by atoms with E-state index < -0.39 is 0 Å². The highest BCUT2D eigenvalue weighted by atomic mass is 16.2. The van der Waals surface area contributed by atoms with Crippen molar-refractivity contribution >= 4 is 6.03 Å². The van der Waals surface area contributed by atoms with Crippen LogP contribution in [0.5, 0.6) is 0 Å². The number of amides is 2. The van der Waals surface area contributed by atoms with E-state index in [1.807, 2.05) is 0 Å². The standard InChI is InChI=1S/C15H26N2O/c1-2-3-11-17(14-9-10-14)15(18)16-12-13-7-5-4-6-8-13/h4-5,13-14H,2-3,6-12H2,1H3,(H,16,18).